The molecule has 5 unspecified atom stereocenters. The molecule has 0 aliphatic heterocycles. The number of hydrogen-bond acceptors (Lipinski definition) is 14. The van der Waals surface area contributed by atoms with Gasteiger partial charge in [0.1, 0.15) is 25.4 Å². The first-order valence-corrected chi connectivity index (χ1v) is 37.9. The molecule has 516 valence electrons. The molecule has 4 N–H and O–H groups in total. The van der Waals surface area contributed by atoms with Crippen LogP contribution >= 0.6 is 15.6 Å². The molecule has 0 aromatic heterocycles. The minimum Gasteiger partial charge on any atom is -0.463 e. The van der Waals surface area contributed by atoms with E-state index in [1.807, 2.05) is 0 Å². The average Bonchev–Trinajstić information content (AvgIpc) is 3.72. The molecule has 0 rings (SSSR count). The molecule has 5 atom stereocenters. The zero-order valence-corrected chi connectivity index (χ0v) is 57.6. The maximum absolute atomic E-state index is 12.9. The van der Waals surface area contributed by atoms with Crippen LogP contribution in [0.2, 0.25) is 0 Å². The van der Waals surface area contributed by atoms with Gasteiger partial charge in [0.25, 0.3) is 0 Å². The van der Waals surface area contributed by atoms with E-state index in [0.29, 0.717) is 19.3 Å². The van der Waals surface area contributed by atoms with Gasteiger partial charge in [-0.25, -0.2) is 9.13 Å². The van der Waals surface area contributed by atoms with E-state index in [1.54, 1.807) is 0 Å². The number of carbonyl (C=O) groups excluding carboxylic acids is 3. The Kier molecular flexibility index (Phi) is 62.4. The molecule has 16 nitrogen and oxygen atoms in total. The van der Waals surface area contributed by atoms with Gasteiger partial charge in [0.2, 0.25) is 0 Å². The summed E-state index contributed by atoms with van der Waals surface area (Å²) in [5.74, 6) is -1.59. The summed E-state index contributed by atoms with van der Waals surface area (Å²) in [6.45, 7) is 2.51. The number of aliphatic hydroxyl groups excluding tert-OH is 2. The third-order valence-corrected chi connectivity index (χ3v) is 16.5. The first kappa shape index (κ1) is 85.7. The molecule has 0 bridgehead atoms. The Labute approximate surface area is 540 Å². The van der Waals surface area contributed by atoms with Gasteiger partial charge in [-0.05, 0) is 96.3 Å². The first-order valence-electron chi connectivity index (χ1n) is 34.9. The van der Waals surface area contributed by atoms with Crippen LogP contribution in [0.5, 0.6) is 0 Å². The number of hydrogen-bond donors (Lipinski definition) is 4. The van der Waals surface area contributed by atoms with Gasteiger partial charge in [-0.3, -0.25) is 32.5 Å². The van der Waals surface area contributed by atoms with Gasteiger partial charge in [-0.1, -0.05) is 260 Å². The fraction of sp³-hybridized carbons (Fsp3) is 0.761. The van der Waals surface area contributed by atoms with Crippen LogP contribution in [-0.2, 0) is 55.8 Å². The van der Waals surface area contributed by atoms with Crippen molar-refractivity contribution in [2.24, 2.45) is 0 Å². The normalized spacial score (nSPS) is 14.7. The molecular weight excluding hydrogens is 1170 g/mol. The predicted octanol–water partition coefficient (Wildman–Crippen LogP) is 19.3. The third kappa shape index (κ3) is 66.0. The zero-order valence-electron chi connectivity index (χ0n) is 55.8. The molecule has 0 spiro atoms. The standard InChI is InChI=1S/C71H126O16P2/c1-4-7-10-13-16-19-22-24-26-27-28-29-30-31-32-33-34-35-36-37-39-41-43-45-48-51-54-57-69(74)81-60-66(72)61-83-88(77,78)84-62-67(73)63-85-89(79,80)86-65-68(87-71(76)59-56-53-50-47-42-21-18-15-12-9-6-3)64-82-70(75)58-55-52-49-46-44-40-38-25-23-20-17-14-11-8-5-2/h8,11,16-17,19-20,24-26,28-29,31-32,38,66-68,72-73H,4-7,9-10,12-15,18,21-23,27,30,33-37,39-65H2,1-3H3,(H,77,78)(H,79,80)/b11-8-,19-16-,20-17-,26-24-,29-28-,32-31-,38-25-. The molecule has 0 aromatic rings. The molecule has 0 saturated carbocycles. The van der Waals surface area contributed by atoms with Gasteiger partial charge in [-0.15, -0.1) is 0 Å². The Morgan fingerprint density at radius 2 is 0.596 bits per heavy atom. The number of unbranched alkanes of at least 4 members (excludes halogenated alkanes) is 29. The Balaban J connectivity index is 4.45. The van der Waals surface area contributed by atoms with E-state index in [9.17, 15) is 43.5 Å². The Morgan fingerprint density at radius 1 is 0.326 bits per heavy atom. The molecular formula is C71H126O16P2. The molecule has 89 heavy (non-hydrogen) atoms. The third-order valence-electron chi connectivity index (χ3n) is 14.6. The van der Waals surface area contributed by atoms with E-state index in [0.717, 1.165) is 122 Å². The summed E-state index contributed by atoms with van der Waals surface area (Å²) in [7, 11) is -9.77. The summed E-state index contributed by atoms with van der Waals surface area (Å²) in [5.41, 5.74) is 0. The second kappa shape index (κ2) is 64.8. The topological polar surface area (TPSA) is 231 Å². The summed E-state index contributed by atoms with van der Waals surface area (Å²) >= 11 is 0. The summed E-state index contributed by atoms with van der Waals surface area (Å²) in [6, 6.07) is 0. The molecule has 0 saturated heterocycles. The molecule has 0 amide bonds. The lowest BCUT2D eigenvalue weighted by Gasteiger charge is -2.21. The summed E-state index contributed by atoms with van der Waals surface area (Å²) in [4.78, 5) is 58.3. The highest BCUT2D eigenvalue weighted by Crippen LogP contribution is 2.45. The number of phosphoric ester groups is 2. The van der Waals surface area contributed by atoms with Crippen LogP contribution in [0.4, 0.5) is 0 Å². The number of rotatable bonds is 66. The van der Waals surface area contributed by atoms with Crippen molar-refractivity contribution in [1.29, 1.82) is 0 Å². The van der Waals surface area contributed by atoms with Crippen molar-refractivity contribution >= 4 is 33.6 Å². The van der Waals surface area contributed by atoms with Crippen molar-refractivity contribution in [3.63, 3.8) is 0 Å². The van der Waals surface area contributed by atoms with E-state index in [1.165, 1.54) is 109 Å². The van der Waals surface area contributed by atoms with E-state index >= 15 is 0 Å². The molecule has 0 aliphatic rings. The maximum Gasteiger partial charge on any atom is 0.472 e. The van der Waals surface area contributed by atoms with Crippen LogP contribution in [0.25, 0.3) is 0 Å². The molecule has 18 heteroatoms. The summed E-state index contributed by atoms with van der Waals surface area (Å²) in [5, 5.41) is 20.5. The highest BCUT2D eigenvalue weighted by atomic mass is 31.2. The van der Waals surface area contributed by atoms with Crippen LogP contribution in [0.15, 0.2) is 85.1 Å². The van der Waals surface area contributed by atoms with Gasteiger partial charge in [0, 0.05) is 19.3 Å². The molecule has 0 radical (unpaired) electrons. The monoisotopic (exact) mass is 1300 g/mol. The Hall–Kier alpha value is -3.27. The maximum atomic E-state index is 12.9. The minimum absolute atomic E-state index is 0.104. The van der Waals surface area contributed by atoms with Crippen molar-refractivity contribution in [1.82, 2.24) is 0 Å². The molecule has 0 aromatic carbocycles. The predicted molar refractivity (Wildman–Crippen MR) is 362 cm³/mol. The lowest BCUT2D eigenvalue weighted by Crippen LogP contribution is -2.30. The van der Waals surface area contributed by atoms with E-state index < -0.39 is 91.5 Å². The van der Waals surface area contributed by atoms with E-state index in [-0.39, 0.29) is 19.3 Å². The highest BCUT2D eigenvalue weighted by molar-refractivity contribution is 7.47. The second-order valence-corrected chi connectivity index (χ2v) is 26.2. The molecule has 0 aliphatic carbocycles. The van der Waals surface area contributed by atoms with Gasteiger partial charge in [0.05, 0.1) is 26.4 Å². The van der Waals surface area contributed by atoms with Crippen LogP contribution in [0.3, 0.4) is 0 Å². The van der Waals surface area contributed by atoms with Gasteiger partial charge in [0.15, 0.2) is 6.10 Å². The number of allylic oxidation sites excluding steroid dienone is 14. The van der Waals surface area contributed by atoms with Crippen LogP contribution in [0, 0.1) is 0 Å². The quantitative estimate of drug-likeness (QED) is 0.0146. The number of phosphoric acid groups is 2. The summed E-state index contributed by atoms with van der Waals surface area (Å²) in [6.07, 6.45) is 69.4. The highest BCUT2D eigenvalue weighted by Gasteiger charge is 2.29. The lowest BCUT2D eigenvalue weighted by molar-refractivity contribution is -0.161. The summed E-state index contributed by atoms with van der Waals surface area (Å²) < 4.78 is 60.8. The van der Waals surface area contributed by atoms with E-state index in [4.69, 9.17) is 32.3 Å². The fourth-order valence-electron chi connectivity index (χ4n) is 9.27. The number of ether oxygens (including phenoxy) is 3. The van der Waals surface area contributed by atoms with Gasteiger partial charge >= 0.3 is 33.6 Å². The Bertz CT molecular complexity index is 1970. The zero-order chi connectivity index (χ0) is 65.3. The Morgan fingerprint density at radius 3 is 0.966 bits per heavy atom. The van der Waals surface area contributed by atoms with Crippen LogP contribution < -0.4 is 0 Å². The van der Waals surface area contributed by atoms with Crippen LogP contribution in [0.1, 0.15) is 290 Å². The van der Waals surface area contributed by atoms with Crippen molar-refractivity contribution in [2.75, 3.05) is 39.6 Å². The lowest BCUT2D eigenvalue weighted by atomic mass is 10.0. The molecule has 0 fully saturated rings. The number of aliphatic hydroxyl groups is 2. The number of esters is 3. The van der Waals surface area contributed by atoms with Gasteiger partial charge in [-0.2, -0.15) is 0 Å². The van der Waals surface area contributed by atoms with Crippen molar-refractivity contribution in [3.05, 3.63) is 85.1 Å². The SMILES string of the molecule is CC/C=C\C/C=C\C/C=C\CCCCCCCC(=O)OCC(COP(=O)(O)OCC(O)COP(=O)(O)OCC(O)COC(=O)CCCCCCCCCCCCC/C=C\C/C=C\C/C=C\C/C=C\CCCCC)OC(=O)CCCCCCCCCCCCC. The largest absolute Gasteiger partial charge is 0.472 e. The average molecular weight is 1300 g/mol. The first-order chi connectivity index (χ1) is 43.2. The fourth-order valence-corrected chi connectivity index (χ4v) is 10.9. The molecule has 0 heterocycles. The number of carbonyl (C=O) groups is 3. The van der Waals surface area contributed by atoms with E-state index in [2.05, 4.69) is 106 Å². The minimum atomic E-state index is -4.92. The van der Waals surface area contributed by atoms with Crippen molar-refractivity contribution in [3.8, 4) is 0 Å². The van der Waals surface area contributed by atoms with Crippen molar-refractivity contribution in [2.45, 2.75) is 309 Å². The van der Waals surface area contributed by atoms with Gasteiger partial charge < -0.3 is 34.2 Å². The van der Waals surface area contributed by atoms with Crippen LogP contribution in [-0.4, -0.2) is 95.9 Å². The van der Waals surface area contributed by atoms with Crippen molar-refractivity contribution < 1.29 is 75.8 Å². The second-order valence-electron chi connectivity index (χ2n) is 23.3. The smallest absolute Gasteiger partial charge is 0.463 e.